The number of fused-ring (bicyclic) bond motifs is 1. The Morgan fingerprint density at radius 1 is 0.854 bits per heavy atom. The molecule has 5 aromatic rings. The summed E-state index contributed by atoms with van der Waals surface area (Å²) in [6.07, 6.45) is 1.68. The van der Waals surface area contributed by atoms with Gasteiger partial charge in [-0.2, -0.15) is 0 Å². The van der Waals surface area contributed by atoms with E-state index < -0.39 is 11.8 Å². The van der Waals surface area contributed by atoms with Crippen molar-refractivity contribution in [2.75, 3.05) is 16.4 Å². The van der Waals surface area contributed by atoms with Crippen LogP contribution in [0.15, 0.2) is 118 Å². The number of thioether (sulfide) groups is 1. The van der Waals surface area contributed by atoms with Gasteiger partial charge in [0.2, 0.25) is 5.91 Å². The standard InChI is InChI=1S/C32H26N4O4S/c1-21-18-29(36-40-21)35-30(37)20-41-26-16-14-25(15-17-26)33-32(39)28(34-31(38)23-9-3-2-4-10-23)19-24-12-7-11-22-8-5-6-13-27(22)24/h2-19H,20H2,1H3,(H,33,39)(H,34,38)(H,35,36,37)/b28-19-. The molecule has 204 valence electrons. The average molecular weight is 563 g/mol. The first-order valence-corrected chi connectivity index (χ1v) is 13.8. The fourth-order valence-electron chi connectivity index (χ4n) is 4.06. The third-order valence-corrected chi connectivity index (χ3v) is 7.04. The number of hydrogen-bond acceptors (Lipinski definition) is 6. The summed E-state index contributed by atoms with van der Waals surface area (Å²) in [7, 11) is 0. The van der Waals surface area contributed by atoms with E-state index in [1.165, 1.54) is 11.8 Å². The SMILES string of the molecule is Cc1cc(NC(=O)CSc2ccc(NC(=O)/C(=C/c3cccc4ccccc34)NC(=O)c3ccccc3)cc2)no1. The fourth-order valence-corrected chi connectivity index (χ4v) is 4.76. The molecule has 0 aliphatic heterocycles. The van der Waals surface area contributed by atoms with E-state index in [0.29, 0.717) is 22.8 Å². The van der Waals surface area contributed by atoms with Crippen molar-refractivity contribution in [3.63, 3.8) is 0 Å². The summed E-state index contributed by atoms with van der Waals surface area (Å²) in [6.45, 7) is 1.75. The molecule has 4 aromatic carbocycles. The quantitative estimate of drug-likeness (QED) is 0.144. The predicted molar refractivity (Wildman–Crippen MR) is 161 cm³/mol. The highest BCUT2D eigenvalue weighted by Crippen LogP contribution is 2.23. The van der Waals surface area contributed by atoms with Crippen molar-refractivity contribution in [3.05, 3.63) is 126 Å². The maximum absolute atomic E-state index is 13.4. The lowest BCUT2D eigenvalue weighted by molar-refractivity contribution is -0.114. The number of nitrogens with zero attached hydrogens (tertiary/aromatic N) is 1. The van der Waals surface area contributed by atoms with E-state index >= 15 is 0 Å². The molecule has 0 atom stereocenters. The van der Waals surface area contributed by atoms with Crippen LogP contribution in [0.2, 0.25) is 0 Å². The lowest BCUT2D eigenvalue weighted by Crippen LogP contribution is -2.30. The minimum absolute atomic E-state index is 0.105. The first-order chi connectivity index (χ1) is 19.9. The van der Waals surface area contributed by atoms with Crippen molar-refractivity contribution >= 4 is 57.8 Å². The van der Waals surface area contributed by atoms with Crippen molar-refractivity contribution in [3.8, 4) is 0 Å². The number of aryl methyl sites for hydroxylation is 1. The van der Waals surface area contributed by atoms with E-state index in [4.69, 9.17) is 4.52 Å². The summed E-state index contributed by atoms with van der Waals surface area (Å²) in [4.78, 5) is 39.4. The van der Waals surface area contributed by atoms with E-state index in [1.54, 1.807) is 55.5 Å². The number of carbonyl (C=O) groups is 3. The highest BCUT2D eigenvalue weighted by atomic mass is 32.2. The molecule has 1 heterocycles. The van der Waals surface area contributed by atoms with Crippen LogP contribution in [0.1, 0.15) is 21.7 Å². The lowest BCUT2D eigenvalue weighted by atomic mass is 10.0. The molecule has 0 fully saturated rings. The van der Waals surface area contributed by atoms with Gasteiger partial charge in [-0.1, -0.05) is 65.8 Å². The van der Waals surface area contributed by atoms with Crippen molar-refractivity contribution in [2.24, 2.45) is 0 Å². The van der Waals surface area contributed by atoms with Crippen molar-refractivity contribution < 1.29 is 18.9 Å². The lowest BCUT2D eigenvalue weighted by Gasteiger charge is -2.12. The highest BCUT2D eigenvalue weighted by molar-refractivity contribution is 8.00. The van der Waals surface area contributed by atoms with Gasteiger partial charge in [-0.15, -0.1) is 11.8 Å². The third-order valence-electron chi connectivity index (χ3n) is 6.03. The Kier molecular flexibility index (Phi) is 8.56. The van der Waals surface area contributed by atoms with Crippen LogP contribution >= 0.6 is 11.8 Å². The van der Waals surface area contributed by atoms with Crippen molar-refractivity contribution in [1.82, 2.24) is 10.5 Å². The molecule has 0 aliphatic rings. The third kappa shape index (κ3) is 7.28. The first kappa shape index (κ1) is 27.4. The maximum Gasteiger partial charge on any atom is 0.272 e. The van der Waals surface area contributed by atoms with Crippen LogP contribution in [-0.2, 0) is 9.59 Å². The molecule has 1 aromatic heterocycles. The monoisotopic (exact) mass is 562 g/mol. The number of carbonyl (C=O) groups excluding carboxylic acids is 3. The Morgan fingerprint density at radius 2 is 1.59 bits per heavy atom. The molecule has 0 saturated heterocycles. The second-order valence-electron chi connectivity index (χ2n) is 9.08. The van der Waals surface area contributed by atoms with Gasteiger partial charge in [-0.05, 0) is 65.7 Å². The van der Waals surface area contributed by atoms with Crippen LogP contribution in [0, 0.1) is 6.92 Å². The molecule has 0 aliphatic carbocycles. The summed E-state index contributed by atoms with van der Waals surface area (Å²) in [5, 5.41) is 14.1. The molecule has 0 spiro atoms. The van der Waals surface area contributed by atoms with Gasteiger partial charge in [-0.3, -0.25) is 14.4 Å². The van der Waals surface area contributed by atoms with Gasteiger partial charge in [0.1, 0.15) is 11.5 Å². The molecule has 0 bridgehead atoms. The van der Waals surface area contributed by atoms with E-state index in [-0.39, 0.29) is 17.4 Å². The molecule has 3 amide bonds. The Labute approximate surface area is 240 Å². The number of nitrogens with one attached hydrogen (secondary N) is 3. The van der Waals surface area contributed by atoms with Crippen LogP contribution in [0.5, 0.6) is 0 Å². The van der Waals surface area contributed by atoms with Gasteiger partial charge in [0, 0.05) is 22.2 Å². The van der Waals surface area contributed by atoms with Crippen LogP contribution < -0.4 is 16.0 Å². The number of amides is 3. The van der Waals surface area contributed by atoms with Crippen LogP contribution in [-0.4, -0.2) is 28.6 Å². The Bertz CT molecular complexity index is 1720. The number of aromatic nitrogens is 1. The average Bonchev–Trinajstić information content (AvgIpc) is 3.41. The van der Waals surface area contributed by atoms with Gasteiger partial charge < -0.3 is 20.5 Å². The highest BCUT2D eigenvalue weighted by Gasteiger charge is 2.16. The zero-order chi connectivity index (χ0) is 28.6. The molecular formula is C32H26N4O4S. The second-order valence-corrected chi connectivity index (χ2v) is 10.1. The maximum atomic E-state index is 13.4. The van der Waals surface area contributed by atoms with E-state index in [2.05, 4.69) is 21.1 Å². The summed E-state index contributed by atoms with van der Waals surface area (Å²) in [5.41, 5.74) is 1.88. The van der Waals surface area contributed by atoms with Crippen molar-refractivity contribution in [2.45, 2.75) is 11.8 Å². The largest absolute Gasteiger partial charge is 0.360 e. The topological polar surface area (TPSA) is 113 Å². The van der Waals surface area contributed by atoms with Gasteiger partial charge >= 0.3 is 0 Å². The molecule has 9 heteroatoms. The number of hydrogen-bond donors (Lipinski definition) is 3. The van der Waals surface area contributed by atoms with Crippen LogP contribution in [0.3, 0.4) is 0 Å². The number of benzene rings is 4. The van der Waals surface area contributed by atoms with Gasteiger partial charge in [0.05, 0.1) is 5.75 Å². The molecule has 0 unspecified atom stereocenters. The molecule has 8 nitrogen and oxygen atoms in total. The molecule has 5 rings (SSSR count). The minimum Gasteiger partial charge on any atom is -0.360 e. The Morgan fingerprint density at radius 3 is 2.34 bits per heavy atom. The first-order valence-electron chi connectivity index (χ1n) is 12.8. The van der Waals surface area contributed by atoms with Crippen LogP contribution in [0.4, 0.5) is 11.5 Å². The summed E-state index contributed by atoms with van der Waals surface area (Å²) >= 11 is 1.35. The van der Waals surface area contributed by atoms with E-state index in [0.717, 1.165) is 21.2 Å². The molecule has 0 saturated carbocycles. The molecule has 3 N–H and O–H groups in total. The van der Waals surface area contributed by atoms with E-state index in [1.807, 2.05) is 60.7 Å². The Hall–Kier alpha value is -5.15. The predicted octanol–water partition coefficient (Wildman–Crippen LogP) is 6.28. The van der Waals surface area contributed by atoms with E-state index in [9.17, 15) is 14.4 Å². The van der Waals surface area contributed by atoms with Gasteiger partial charge in [0.15, 0.2) is 5.82 Å². The fraction of sp³-hybridized carbons (Fsp3) is 0.0625. The summed E-state index contributed by atoms with van der Waals surface area (Å²) in [6, 6.07) is 31.1. The normalized spacial score (nSPS) is 11.2. The molecule has 41 heavy (non-hydrogen) atoms. The zero-order valence-corrected chi connectivity index (χ0v) is 22.9. The summed E-state index contributed by atoms with van der Waals surface area (Å²) in [5.74, 6) is 0.0975. The van der Waals surface area contributed by atoms with Crippen LogP contribution in [0.25, 0.3) is 16.8 Å². The molecule has 0 radical (unpaired) electrons. The number of anilines is 2. The van der Waals surface area contributed by atoms with Gasteiger partial charge in [0.25, 0.3) is 11.8 Å². The second kappa shape index (κ2) is 12.8. The summed E-state index contributed by atoms with van der Waals surface area (Å²) < 4.78 is 4.95. The molecular weight excluding hydrogens is 536 g/mol. The zero-order valence-electron chi connectivity index (χ0n) is 22.1. The smallest absolute Gasteiger partial charge is 0.272 e. The number of rotatable bonds is 9. The minimum atomic E-state index is -0.468. The van der Waals surface area contributed by atoms with Crippen molar-refractivity contribution in [1.29, 1.82) is 0 Å². The Balaban J connectivity index is 1.30. The van der Waals surface area contributed by atoms with Gasteiger partial charge in [-0.25, -0.2) is 0 Å².